The predicted octanol–water partition coefficient (Wildman–Crippen LogP) is 5.99. The van der Waals surface area contributed by atoms with Crippen molar-refractivity contribution in [1.82, 2.24) is 15.5 Å². The Morgan fingerprint density at radius 3 is 2.70 bits per heavy atom. The van der Waals surface area contributed by atoms with Gasteiger partial charge in [-0.15, -0.1) is 12.4 Å². The molecule has 1 aliphatic heterocycles. The van der Waals surface area contributed by atoms with Crippen molar-refractivity contribution < 1.29 is 22.4 Å². The lowest BCUT2D eigenvalue weighted by Gasteiger charge is -2.18. The second-order valence-corrected chi connectivity index (χ2v) is 7.47. The van der Waals surface area contributed by atoms with Gasteiger partial charge in [0.1, 0.15) is 5.75 Å². The Balaban J connectivity index is 0.00000320. The molecule has 1 fully saturated rings. The number of hydrogen-bond donors (Lipinski definition) is 1. The highest BCUT2D eigenvalue weighted by Crippen LogP contribution is 2.38. The zero-order valence-electron chi connectivity index (χ0n) is 17.1. The molecular formula is C21H29ClF3N3O2. The third-order valence-electron chi connectivity index (χ3n) is 5.14. The predicted molar refractivity (Wildman–Crippen MR) is 111 cm³/mol. The number of nitrogens with one attached hydrogen (secondary N) is 1. The minimum Gasteiger partial charge on any atom is -0.493 e. The van der Waals surface area contributed by atoms with Crippen LogP contribution in [0.25, 0.3) is 11.4 Å². The van der Waals surface area contributed by atoms with Crippen LogP contribution in [0, 0.1) is 0 Å². The number of benzene rings is 1. The highest BCUT2D eigenvalue weighted by atomic mass is 35.5. The largest absolute Gasteiger partial charge is 0.493 e. The summed E-state index contributed by atoms with van der Waals surface area (Å²) >= 11 is 0. The fraction of sp³-hybridized carbons (Fsp3) is 0.619. The first-order valence-corrected chi connectivity index (χ1v) is 10.4. The molecule has 1 aromatic carbocycles. The molecule has 3 rings (SSSR count). The number of alkyl halides is 3. The molecule has 0 aliphatic carbocycles. The second kappa shape index (κ2) is 11.6. The zero-order valence-corrected chi connectivity index (χ0v) is 18.0. The van der Waals surface area contributed by atoms with Gasteiger partial charge in [-0.25, -0.2) is 0 Å². The van der Waals surface area contributed by atoms with Gasteiger partial charge in [0.15, 0.2) is 0 Å². The van der Waals surface area contributed by atoms with Crippen LogP contribution in [-0.4, -0.2) is 29.8 Å². The van der Waals surface area contributed by atoms with Crippen LogP contribution < -0.4 is 10.1 Å². The van der Waals surface area contributed by atoms with Crippen LogP contribution in [0.1, 0.15) is 69.2 Å². The Bertz CT molecular complexity index is 777. The maximum atomic E-state index is 13.6. The van der Waals surface area contributed by atoms with Crippen molar-refractivity contribution in [2.45, 2.75) is 64.0 Å². The van der Waals surface area contributed by atoms with Crippen LogP contribution in [0.15, 0.2) is 22.7 Å². The minimum absolute atomic E-state index is 0. The molecule has 1 unspecified atom stereocenters. The topological polar surface area (TPSA) is 60.2 Å². The molecule has 168 valence electrons. The molecule has 9 heteroatoms. The quantitative estimate of drug-likeness (QED) is 0.478. The second-order valence-electron chi connectivity index (χ2n) is 7.47. The van der Waals surface area contributed by atoms with E-state index in [0.717, 1.165) is 64.1 Å². The third-order valence-corrected chi connectivity index (χ3v) is 5.14. The Morgan fingerprint density at radius 1 is 1.20 bits per heavy atom. The summed E-state index contributed by atoms with van der Waals surface area (Å²) in [6.07, 6.45) is 2.42. The van der Waals surface area contributed by atoms with Crippen molar-refractivity contribution in [2.24, 2.45) is 0 Å². The molecule has 0 bridgehead atoms. The number of ether oxygens (including phenoxy) is 1. The summed E-state index contributed by atoms with van der Waals surface area (Å²) in [5, 5.41) is 7.16. The highest BCUT2D eigenvalue weighted by molar-refractivity contribution is 5.85. The number of halogens is 4. The summed E-state index contributed by atoms with van der Waals surface area (Å²) < 4.78 is 51.4. The fourth-order valence-electron chi connectivity index (χ4n) is 3.49. The average molecular weight is 448 g/mol. The molecule has 0 spiro atoms. The molecule has 5 nitrogen and oxygen atoms in total. The first-order valence-electron chi connectivity index (χ1n) is 10.4. The van der Waals surface area contributed by atoms with E-state index in [2.05, 4.69) is 22.4 Å². The van der Waals surface area contributed by atoms with Gasteiger partial charge < -0.3 is 14.6 Å². The Hall–Kier alpha value is -1.80. The first kappa shape index (κ1) is 24.5. The van der Waals surface area contributed by atoms with Crippen molar-refractivity contribution >= 4 is 12.4 Å². The van der Waals surface area contributed by atoms with Gasteiger partial charge in [-0.3, -0.25) is 0 Å². The number of rotatable bonds is 9. The number of piperidine rings is 1. The molecule has 0 radical (unpaired) electrons. The minimum atomic E-state index is -4.52. The van der Waals surface area contributed by atoms with Crippen LogP contribution in [0.2, 0.25) is 0 Å². The number of unbranched alkanes of at least 4 members (excludes halogenated alkanes) is 4. The van der Waals surface area contributed by atoms with Crippen LogP contribution in [0.5, 0.6) is 5.75 Å². The third kappa shape index (κ3) is 6.60. The lowest BCUT2D eigenvalue weighted by Crippen LogP contribution is -2.28. The lowest BCUT2D eigenvalue weighted by atomic mass is 10.00. The molecule has 0 saturated carbocycles. The van der Waals surface area contributed by atoms with Crippen LogP contribution >= 0.6 is 12.4 Å². The van der Waals surface area contributed by atoms with Crippen molar-refractivity contribution in [1.29, 1.82) is 0 Å². The van der Waals surface area contributed by atoms with Crippen molar-refractivity contribution in [3.05, 3.63) is 29.7 Å². The molecule has 0 amide bonds. The molecule has 1 saturated heterocycles. The average Bonchev–Trinajstić information content (AvgIpc) is 3.21. The van der Waals surface area contributed by atoms with Gasteiger partial charge in [0.25, 0.3) is 0 Å². The Labute approximate surface area is 181 Å². The van der Waals surface area contributed by atoms with E-state index in [1.165, 1.54) is 6.07 Å². The van der Waals surface area contributed by atoms with E-state index in [0.29, 0.717) is 5.89 Å². The SMILES string of the molecule is CCCCCCCOc1ccc(-c2noc(C3CCCNC3)n2)cc1C(F)(F)F.Cl. The molecule has 1 atom stereocenters. The normalized spacial score (nSPS) is 16.9. The highest BCUT2D eigenvalue weighted by Gasteiger charge is 2.35. The van der Waals surface area contributed by atoms with E-state index in [9.17, 15) is 13.2 Å². The molecule has 1 aromatic heterocycles. The molecule has 2 heterocycles. The number of hydrogen-bond acceptors (Lipinski definition) is 5. The zero-order chi connectivity index (χ0) is 20.7. The van der Waals surface area contributed by atoms with Crippen LogP contribution in [0.3, 0.4) is 0 Å². The van der Waals surface area contributed by atoms with Gasteiger partial charge in [0.05, 0.1) is 18.1 Å². The van der Waals surface area contributed by atoms with Gasteiger partial charge in [-0.05, 0) is 44.0 Å². The van der Waals surface area contributed by atoms with E-state index < -0.39 is 11.7 Å². The van der Waals surface area contributed by atoms with Crippen molar-refractivity contribution in [3.63, 3.8) is 0 Å². The van der Waals surface area contributed by atoms with Gasteiger partial charge in [0.2, 0.25) is 11.7 Å². The number of nitrogens with zero attached hydrogens (tertiary/aromatic N) is 2. The van der Waals surface area contributed by atoms with Gasteiger partial charge in [-0.1, -0.05) is 37.8 Å². The smallest absolute Gasteiger partial charge is 0.419 e. The molecular weight excluding hydrogens is 419 g/mol. The summed E-state index contributed by atoms with van der Waals surface area (Å²) in [6, 6.07) is 3.94. The van der Waals surface area contributed by atoms with E-state index in [4.69, 9.17) is 9.26 Å². The lowest BCUT2D eigenvalue weighted by molar-refractivity contribution is -0.138. The Kier molecular flexibility index (Phi) is 9.42. The van der Waals surface area contributed by atoms with E-state index in [1.54, 1.807) is 6.07 Å². The molecule has 2 aromatic rings. The molecule has 1 N–H and O–H groups in total. The maximum absolute atomic E-state index is 13.6. The van der Waals surface area contributed by atoms with Crippen molar-refractivity contribution in [3.8, 4) is 17.1 Å². The van der Waals surface area contributed by atoms with E-state index in [1.807, 2.05) is 0 Å². The van der Waals surface area contributed by atoms with Gasteiger partial charge in [0, 0.05) is 12.1 Å². The summed E-state index contributed by atoms with van der Waals surface area (Å²) in [6.45, 7) is 4.08. The first-order chi connectivity index (χ1) is 14.0. The van der Waals surface area contributed by atoms with Gasteiger partial charge >= 0.3 is 6.18 Å². The molecule has 30 heavy (non-hydrogen) atoms. The Morgan fingerprint density at radius 2 is 2.00 bits per heavy atom. The van der Waals surface area contributed by atoms with E-state index >= 15 is 0 Å². The number of aromatic nitrogens is 2. The summed E-state index contributed by atoms with van der Waals surface area (Å²) in [4.78, 5) is 4.34. The summed E-state index contributed by atoms with van der Waals surface area (Å²) in [5.74, 6) is 0.578. The maximum Gasteiger partial charge on any atom is 0.419 e. The van der Waals surface area contributed by atoms with Crippen molar-refractivity contribution in [2.75, 3.05) is 19.7 Å². The van der Waals surface area contributed by atoms with Crippen LogP contribution in [-0.2, 0) is 6.18 Å². The van der Waals surface area contributed by atoms with Gasteiger partial charge in [-0.2, -0.15) is 18.2 Å². The standard InChI is InChI=1S/C21H28F3N3O2.ClH/c1-2-3-4-5-6-12-28-18-10-9-15(13-17(18)21(22,23)24)19-26-20(29-27-19)16-8-7-11-25-14-16;/h9-10,13,16,25H,2-8,11-12,14H2,1H3;1H. The summed E-state index contributed by atoms with van der Waals surface area (Å²) in [7, 11) is 0. The van der Waals surface area contributed by atoms with E-state index in [-0.39, 0.29) is 42.1 Å². The summed E-state index contributed by atoms with van der Waals surface area (Å²) in [5.41, 5.74) is -0.541. The monoisotopic (exact) mass is 447 g/mol. The van der Waals surface area contributed by atoms with Crippen LogP contribution in [0.4, 0.5) is 13.2 Å². The fourth-order valence-corrected chi connectivity index (χ4v) is 3.49. The molecule has 1 aliphatic rings.